The molecule has 16 heavy (non-hydrogen) atoms. The molecular formula is C11H10N4O. The molecule has 1 aromatic carbocycles. The van der Waals surface area contributed by atoms with Gasteiger partial charge in [0.1, 0.15) is 5.82 Å². The van der Waals surface area contributed by atoms with E-state index in [1.807, 2.05) is 25.1 Å². The predicted molar refractivity (Wildman–Crippen MR) is 60.7 cm³/mol. The van der Waals surface area contributed by atoms with E-state index >= 15 is 0 Å². The van der Waals surface area contributed by atoms with Crippen LogP contribution in [0, 0.1) is 6.92 Å². The second kappa shape index (κ2) is 3.10. The summed E-state index contributed by atoms with van der Waals surface area (Å²) in [4.78, 5) is 0. The molecule has 5 heteroatoms. The summed E-state index contributed by atoms with van der Waals surface area (Å²) in [6.07, 6.45) is 1.70. The Balaban J connectivity index is 2.39. The first-order valence-electron chi connectivity index (χ1n) is 4.91. The van der Waals surface area contributed by atoms with Crippen LogP contribution in [0.2, 0.25) is 0 Å². The number of hydrogen-bond acceptors (Lipinski definition) is 4. The van der Waals surface area contributed by atoms with Crippen molar-refractivity contribution in [3.05, 3.63) is 30.1 Å². The zero-order chi connectivity index (χ0) is 11.1. The molecule has 0 saturated carbocycles. The van der Waals surface area contributed by atoms with Crippen LogP contribution in [0.3, 0.4) is 0 Å². The van der Waals surface area contributed by atoms with Crippen LogP contribution >= 0.6 is 0 Å². The number of benzene rings is 1. The van der Waals surface area contributed by atoms with E-state index in [2.05, 4.69) is 15.4 Å². The fourth-order valence-electron chi connectivity index (χ4n) is 1.88. The van der Waals surface area contributed by atoms with E-state index in [0.717, 1.165) is 27.8 Å². The van der Waals surface area contributed by atoms with E-state index in [9.17, 15) is 0 Å². The monoisotopic (exact) mass is 214 g/mol. The number of nitrogens with zero attached hydrogens (tertiary/aromatic N) is 2. The van der Waals surface area contributed by atoms with Crippen LogP contribution in [0.1, 0.15) is 5.69 Å². The molecule has 0 fully saturated rings. The fourth-order valence-corrected chi connectivity index (χ4v) is 1.88. The van der Waals surface area contributed by atoms with Crippen LogP contribution in [-0.4, -0.2) is 15.4 Å². The van der Waals surface area contributed by atoms with Gasteiger partial charge in [-0.05, 0) is 18.6 Å². The molecule has 5 nitrogen and oxygen atoms in total. The Bertz CT molecular complexity index is 653. The lowest BCUT2D eigenvalue weighted by molar-refractivity contribution is 0.450. The molecule has 3 rings (SSSR count). The number of rotatable bonds is 1. The second-order valence-electron chi connectivity index (χ2n) is 3.64. The minimum atomic E-state index is 0.549. The highest BCUT2D eigenvalue weighted by molar-refractivity contribution is 5.97. The molecule has 0 saturated heterocycles. The van der Waals surface area contributed by atoms with Crippen LogP contribution in [0.25, 0.3) is 22.1 Å². The molecule has 0 spiro atoms. The maximum atomic E-state index is 5.81. The summed E-state index contributed by atoms with van der Waals surface area (Å²) in [7, 11) is 0. The van der Waals surface area contributed by atoms with Gasteiger partial charge in [0, 0.05) is 5.56 Å². The fraction of sp³-hybridized carbons (Fsp3) is 0.0909. The SMILES string of the molecule is Cc1noc2cccc(-c3cn[nH]c3N)c12. The summed E-state index contributed by atoms with van der Waals surface area (Å²) in [6, 6.07) is 5.78. The Morgan fingerprint density at radius 1 is 1.31 bits per heavy atom. The third-order valence-electron chi connectivity index (χ3n) is 2.63. The highest BCUT2D eigenvalue weighted by Gasteiger charge is 2.13. The number of nitrogen functional groups attached to an aromatic ring is 1. The van der Waals surface area contributed by atoms with Crippen LogP contribution < -0.4 is 5.73 Å². The Morgan fingerprint density at radius 3 is 2.94 bits per heavy atom. The highest BCUT2D eigenvalue weighted by Crippen LogP contribution is 2.32. The van der Waals surface area contributed by atoms with Crippen LogP contribution in [0.4, 0.5) is 5.82 Å². The van der Waals surface area contributed by atoms with Gasteiger partial charge in [0.05, 0.1) is 17.3 Å². The van der Waals surface area contributed by atoms with Crippen molar-refractivity contribution in [2.24, 2.45) is 0 Å². The molecule has 3 aromatic rings. The molecule has 0 aliphatic rings. The van der Waals surface area contributed by atoms with Crippen LogP contribution in [-0.2, 0) is 0 Å². The molecule has 3 N–H and O–H groups in total. The maximum Gasteiger partial charge on any atom is 0.167 e. The molecular weight excluding hydrogens is 204 g/mol. The van der Waals surface area contributed by atoms with Crippen molar-refractivity contribution in [3.63, 3.8) is 0 Å². The summed E-state index contributed by atoms with van der Waals surface area (Å²) in [5.41, 5.74) is 9.29. The Hall–Kier alpha value is -2.30. The average molecular weight is 214 g/mol. The first kappa shape index (κ1) is 8.96. The van der Waals surface area contributed by atoms with Gasteiger partial charge in [0.2, 0.25) is 0 Å². The second-order valence-corrected chi connectivity index (χ2v) is 3.64. The van der Waals surface area contributed by atoms with Gasteiger partial charge in [0.15, 0.2) is 5.58 Å². The summed E-state index contributed by atoms with van der Waals surface area (Å²) in [5, 5.41) is 11.6. The zero-order valence-electron chi connectivity index (χ0n) is 8.69. The number of nitrogens with two attached hydrogens (primary N) is 1. The van der Waals surface area contributed by atoms with Gasteiger partial charge in [-0.2, -0.15) is 5.10 Å². The lowest BCUT2D eigenvalue weighted by Crippen LogP contribution is -1.88. The van der Waals surface area contributed by atoms with Crippen LogP contribution in [0.5, 0.6) is 0 Å². The number of aryl methyl sites for hydroxylation is 1. The summed E-state index contributed by atoms with van der Waals surface area (Å²) in [6.45, 7) is 1.91. The number of fused-ring (bicyclic) bond motifs is 1. The molecule has 0 unspecified atom stereocenters. The van der Waals surface area contributed by atoms with Crippen molar-refractivity contribution < 1.29 is 4.52 Å². The number of anilines is 1. The Morgan fingerprint density at radius 2 is 2.19 bits per heavy atom. The summed E-state index contributed by atoms with van der Waals surface area (Å²) in [5.74, 6) is 0.549. The normalized spacial score (nSPS) is 11.1. The van der Waals surface area contributed by atoms with Gasteiger partial charge in [-0.15, -0.1) is 0 Å². The standard InChI is InChI=1S/C11H10N4O/c1-6-10-7(8-5-13-14-11(8)12)3-2-4-9(10)16-15-6/h2-5H,1H3,(H3,12,13,14). The van der Waals surface area contributed by atoms with E-state index in [1.54, 1.807) is 6.20 Å². The average Bonchev–Trinajstić information content (AvgIpc) is 2.86. The van der Waals surface area contributed by atoms with Crippen molar-refractivity contribution in [2.75, 3.05) is 5.73 Å². The maximum absolute atomic E-state index is 5.81. The molecule has 0 aliphatic heterocycles. The van der Waals surface area contributed by atoms with Crippen LogP contribution in [0.15, 0.2) is 28.9 Å². The van der Waals surface area contributed by atoms with E-state index in [0.29, 0.717) is 5.82 Å². The number of aromatic amines is 1. The molecule has 0 bridgehead atoms. The number of aromatic nitrogens is 3. The quantitative estimate of drug-likeness (QED) is 0.650. The first-order chi connectivity index (χ1) is 7.77. The number of H-pyrrole nitrogens is 1. The number of hydrogen-bond donors (Lipinski definition) is 2. The molecule has 0 amide bonds. The van der Waals surface area contributed by atoms with E-state index in [-0.39, 0.29) is 0 Å². The smallest absolute Gasteiger partial charge is 0.167 e. The van der Waals surface area contributed by atoms with Gasteiger partial charge in [0.25, 0.3) is 0 Å². The van der Waals surface area contributed by atoms with Crippen molar-refractivity contribution >= 4 is 16.8 Å². The van der Waals surface area contributed by atoms with Gasteiger partial charge in [-0.3, -0.25) is 5.10 Å². The van der Waals surface area contributed by atoms with Crippen molar-refractivity contribution in [1.82, 2.24) is 15.4 Å². The first-order valence-corrected chi connectivity index (χ1v) is 4.91. The Labute approximate surface area is 91.2 Å². The zero-order valence-corrected chi connectivity index (χ0v) is 8.69. The van der Waals surface area contributed by atoms with Crippen molar-refractivity contribution in [2.45, 2.75) is 6.92 Å². The molecule has 80 valence electrons. The van der Waals surface area contributed by atoms with Gasteiger partial charge >= 0.3 is 0 Å². The number of nitrogens with one attached hydrogen (secondary N) is 1. The molecule has 2 aromatic heterocycles. The minimum Gasteiger partial charge on any atom is -0.384 e. The van der Waals surface area contributed by atoms with Crippen molar-refractivity contribution in [3.8, 4) is 11.1 Å². The lowest BCUT2D eigenvalue weighted by Gasteiger charge is -2.00. The van der Waals surface area contributed by atoms with E-state index in [4.69, 9.17) is 10.3 Å². The largest absolute Gasteiger partial charge is 0.384 e. The summed E-state index contributed by atoms with van der Waals surface area (Å²) >= 11 is 0. The molecule has 0 aliphatic carbocycles. The molecule has 0 radical (unpaired) electrons. The molecule has 0 atom stereocenters. The van der Waals surface area contributed by atoms with Gasteiger partial charge in [-0.1, -0.05) is 17.3 Å². The topological polar surface area (TPSA) is 80.7 Å². The van der Waals surface area contributed by atoms with E-state index < -0.39 is 0 Å². The van der Waals surface area contributed by atoms with E-state index in [1.165, 1.54) is 0 Å². The van der Waals surface area contributed by atoms with Crippen molar-refractivity contribution in [1.29, 1.82) is 0 Å². The highest BCUT2D eigenvalue weighted by atomic mass is 16.5. The minimum absolute atomic E-state index is 0.549. The lowest BCUT2D eigenvalue weighted by atomic mass is 10.0. The summed E-state index contributed by atoms with van der Waals surface area (Å²) < 4.78 is 5.21. The predicted octanol–water partition coefficient (Wildman–Crippen LogP) is 2.11. The molecule has 2 heterocycles. The third kappa shape index (κ3) is 1.11. The van der Waals surface area contributed by atoms with Gasteiger partial charge in [-0.25, -0.2) is 0 Å². The van der Waals surface area contributed by atoms with Gasteiger partial charge < -0.3 is 10.3 Å². The third-order valence-corrected chi connectivity index (χ3v) is 2.63. The Kier molecular flexibility index (Phi) is 1.73.